The Morgan fingerprint density at radius 1 is 1.12 bits per heavy atom. The second kappa shape index (κ2) is 8.39. The average molecular weight is 370 g/mol. The molecule has 3 rings (SSSR count). The van der Waals surface area contributed by atoms with Gasteiger partial charge in [-0.2, -0.15) is 0 Å². The molecular weight excluding hydrogens is 352 g/mol. The van der Waals surface area contributed by atoms with Gasteiger partial charge in [-0.1, -0.05) is 17.3 Å². The maximum atomic E-state index is 12.1. The Bertz CT molecular complexity index is 872. The second-order valence-electron chi connectivity index (χ2n) is 5.64. The molecule has 7 nitrogen and oxygen atoms in total. The van der Waals surface area contributed by atoms with E-state index in [-0.39, 0.29) is 17.5 Å². The summed E-state index contributed by atoms with van der Waals surface area (Å²) in [5.41, 5.74) is 1.61. The lowest BCUT2D eigenvalue weighted by Gasteiger charge is -2.05. The van der Waals surface area contributed by atoms with Crippen LogP contribution in [0.5, 0.6) is 0 Å². The molecule has 0 aliphatic rings. The minimum absolute atomic E-state index is 0.228. The van der Waals surface area contributed by atoms with E-state index < -0.39 is 0 Å². The Morgan fingerprint density at radius 3 is 2.54 bits per heavy atom. The molecule has 0 atom stereocenters. The van der Waals surface area contributed by atoms with E-state index >= 15 is 0 Å². The number of aryl methyl sites for hydroxylation is 1. The minimum atomic E-state index is -0.303. The summed E-state index contributed by atoms with van der Waals surface area (Å²) in [6, 6.07) is 8.94. The number of hydrogen-bond donors (Lipinski definition) is 2. The van der Waals surface area contributed by atoms with Gasteiger partial charge in [-0.25, -0.2) is 0 Å². The monoisotopic (exact) mass is 370 g/mol. The van der Waals surface area contributed by atoms with Gasteiger partial charge in [0.25, 0.3) is 11.8 Å². The fraction of sp³-hybridized carbons (Fsp3) is 0.222. The van der Waals surface area contributed by atoms with E-state index in [1.54, 1.807) is 18.3 Å². The van der Waals surface area contributed by atoms with Gasteiger partial charge in [0.2, 0.25) is 0 Å². The summed E-state index contributed by atoms with van der Waals surface area (Å²) in [6.45, 7) is 2.77. The number of nitrogens with zero attached hydrogens (tertiary/aromatic N) is 2. The number of pyridine rings is 1. The van der Waals surface area contributed by atoms with Crippen LogP contribution in [0.15, 0.2) is 46.4 Å². The van der Waals surface area contributed by atoms with Crippen molar-refractivity contribution in [2.75, 3.05) is 13.1 Å². The lowest BCUT2D eigenvalue weighted by atomic mass is 10.2. The van der Waals surface area contributed by atoms with Crippen molar-refractivity contribution in [2.24, 2.45) is 0 Å². The first kappa shape index (κ1) is 17.8. The number of carbonyl (C=O) groups excluding carboxylic acids is 2. The van der Waals surface area contributed by atoms with Gasteiger partial charge in [0.15, 0.2) is 11.5 Å². The summed E-state index contributed by atoms with van der Waals surface area (Å²) in [4.78, 5) is 28.9. The van der Waals surface area contributed by atoms with Crippen LogP contribution in [-0.2, 0) is 0 Å². The smallest absolute Gasteiger partial charge is 0.273 e. The van der Waals surface area contributed by atoms with Crippen LogP contribution in [0.1, 0.15) is 33.0 Å². The third-order valence-electron chi connectivity index (χ3n) is 3.58. The zero-order valence-corrected chi connectivity index (χ0v) is 15.0. The van der Waals surface area contributed by atoms with E-state index in [0.29, 0.717) is 31.0 Å². The molecule has 0 bridgehead atoms. The molecule has 0 aliphatic heterocycles. The average Bonchev–Trinajstić information content (AvgIpc) is 3.33. The number of thiophene rings is 1. The zero-order valence-electron chi connectivity index (χ0n) is 14.2. The van der Waals surface area contributed by atoms with Crippen LogP contribution >= 0.6 is 11.3 Å². The fourth-order valence-electron chi connectivity index (χ4n) is 2.19. The van der Waals surface area contributed by atoms with Crippen molar-refractivity contribution in [1.82, 2.24) is 20.8 Å². The molecule has 0 radical (unpaired) electrons. The van der Waals surface area contributed by atoms with E-state index in [2.05, 4.69) is 20.8 Å². The van der Waals surface area contributed by atoms with Crippen molar-refractivity contribution in [2.45, 2.75) is 13.3 Å². The molecular formula is C18H18N4O3S. The van der Waals surface area contributed by atoms with E-state index in [9.17, 15) is 9.59 Å². The van der Waals surface area contributed by atoms with Crippen molar-refractivity contribution < 1.29 is 14.1 Å². The number of rotatable bonds is 7. The summed E-state index contributed by atoms with van der Waals surface area (Å²) in [7, 11) is 0. The highest BCUT2D eigenvalue weighted by Crippen LogP contribution is 2.24. The summed E-state index contributed by atoms with van der Waals surface area (Å²) in [5.74, 6) is 0.0412. The molecule has 2 N–H and O–H groups in total. The number of amides is 2. The van der Waals surface area contributed by atoms with Crippen LogP contribution in [0.4, 0.5) is 0 Å². The molecule has 0 spiro atoms. The van der Waals surface area contributed by atoms with Crippen LogP contribution in [0.2, 0.25) is 0 Å². The lowest BCUT2D eigenvalue weighted by molar-refractivity contribution is 0.0944. The van der Waals surface area contributed by atoms with Gasteiger partial charge in [0.05, 0.1) is 4.88 Å². The summed E-state index contributed by atoms with van der Waals surface area (Å²) in [5, 5.41) is 11.2. The predicted molar refractivity (Wildman–Crippen MR) is 98.1 cm³/mol. The number of hydrogen-bond acceptors (Lipinski definition) is 6. The van der Waals surface area contributed by atoms with E-state index in [4.69, 9.17) is 4.52 Å². The fourth-order valence-corrected chi connectivity index (χ4v) is 2.87. The normalized spacial score (nSPS) is 10.5. The molecule has 8 heteroatoms. The van der Waals surface area contributed by atoms with Gasteiger partial charge >= 0.3 is 0 Å². The quantitative estimate of drug-likeness (QED) is 0.623. The van der Waals surface area contributed by atoms with Crippen molar-refractivity contribution >= 4 is 23.2 Å². The van der Waals surface area contributed by atoms with E-state index in [1.807, 2.05) is 30.5 Å². The highest BCUT2D eigenvalue weighted by atomic mass is 32.1. The van der Waals surface area contributed by atoms with Gasteiger partial charge < -0.3 is 15.2 Å². The first-order valence-electron chi connectivity index (χ1n) is 8.13. The zero-order chi connectivity index (χ0) is 18.4. The highest BCUT2D eigenvalue weighted by Gasteiger charge is 2.13. The molecule has 0 fully saturated rings. The van der Waals surface area contributed by atoms with Crippen molar-refractivity contribution in [3.05, 3.63) is 58.9 Å². The number of aromatic nitrogens is 2. The molecule has 3 aromatic heterocycles. The summed E-state index contributed by atoms with van der Waals surface area (Å²) in [6.07, 6.45) is 2.25. The Labute approximate surface area is 154 Å². The Kier molecular flexibility index (Phi) is 5.75. The Hall–Kier alpha value is -3.00. The van der Waals surface area contributed by atoms with Crippen molar-refractivity contribution in [3.8, 4) is 10.6 Å². The maximum Gasteiger partial charge on any atom is 0.273 e. The first-order valence-corrected chi connectivity index (χ1v) is 9.01. The van der Waals surface area contributed by atoms with Crippen LogP contribution in [0.3, 0.4) is 0 Å². The number of nitrogens with one attached hydrogen (secondary N) is 2. The topological polar surface area (TPSA) is 97.1 Å². The Morgan fingerprint density at radius 2 is 1.88 bits per heavy atom. The van der Waals surface area contributed by atoms with Crippen LogP contribution in [-0.4, -0.2) is 35.0 Å². The van der Waals surface area contributed by atoms with Gasteiger partial charge in [-0.3, -0.25) is 14.6 Å². The van der Waals surface area contributed by atoms with Gasteiger partial charge in [0.1, 0.15) is 5.69 Å². The van der Waals surface area contributed by atoms with Crippen molar-refractivity contribution in [1.29, 1.82) is 0 Å². The molecule has 0 unspecified atom stereocenters. The lowest BCUT2D eigenvalue weighted by Crippen LogP contribution is -2.30. The third-order valence-corrected chi connectivity index (χ3v) is 4.46. The molecule has 3 heterocycles. The number of carbonyl (C=O) groups is 2. The SMILES string of the molecule is Cc1ccc(C(=O)NCCCNC(=O)c2cc(-c3cccs3)on2)nc1. The largest absolute Gasteiger partial charge is 0.355 e. The van der Waals surface area contributed by atoms with Gasteiger partial charge in [-0.15, -0.1) is 11.3 Å². The molecule has 134 valence electrons. The molecule has 3 aromatic rings. The highest BCUT2D eigenvalue weighted by molar-refractivity contribution is 7.13. The predicted octanol–water partition coefficient (Wildman–Crippen LogP) is 2.66. The maximum absolute atomic E-state index is 12.1. The summed E-state index contributed by atoms with van der Waals surface area (Å²) >= 11 is 1.52. The van der Waals surface area contributed by atoms with Crippen molar-refractivity contribution in [3.63, 3.8) is 0 Å². The molecule has 0 saturated carbocycles. The third kappa shape index (κ3) is 4.54. The van der Waals surface area contributed by atoms with E-state index in [0.717, 1.165) is 10.4 Å². The van der Waals surface area contributed by atoms with Crippen LogP contribution < -0.4 is 10.6 Å². The Balaban J connectivity index is 1.39. The molecule has 0 aliphatic carbocycles. The second-order valence-corrected chi connectivity index (χ2v) is 6.59. The van der Waals surface area contributed by atoms with Gasteiger partial charge in [-0.05, 0) is 36.4 Å². The van der Waals surface area contributed by atoms with Crippen LogP contribution in [0, 0.1) is 6.92 Å². The molecule has 26 heavy (non-hydrogen) atoms. The van der Waals surface area contributed by atoms with Gasteiger partial charge in [0, 0.05) is 25.4 Å². The molecule has 0 aromatic carbocycles. The molecule has 0 saturated heterocycles. The minimum Gasteiger partial charge on any atom is -0.355 e. The first-order chi connectivity index (χ1) is 12.6. The molecule has 2 amide bonds. The standard InChI is InChI=1S/C18H18N4O3S/c1-12-5-6-13(21-11-12)17(23)19-7-3-8-20-18(24)14-10-15(25-22-14)16-4-2-9-26-16/h2,4-6,9-11H,3,7-8H2,1H3,(H,19,23)(H,20,24). The van der Waals surface area contributed by atoms with E-state index in [1.165, 1.54) is 11.3 Å². The summed E-state index contributed by atoms with van der Waals surface area (Å²) < 4.78 is 5.18. The van der Waals surface area contributed by atoms with Crippen LogP contribution in [0.25, 0.3) is 10.6 Å².